The summed E-state index contributed by atoms with van der Waals surface area (Å²) in [6.07, 6.45) is 4.21. The van der Waals surface area contributed by atoms with Gasteiger partial charge < -0.3 is 10.2 Å². The van der Waals surface area contributed by atoms with Crippen LogP contribution in [0, 0.1) is 0 Å². The monoisotopic (exact) mass is 245 g/mol. The van der Waals surface area contributed by atoms with E-state index in [9.17, 15) is 9.59 Å². The van der Waals surface area contributed by atoms with Gasteiger partial charge in [0, 0.05) is 25.2 Å². The molecule has 0 aromatic carbocycles. The number of hydrogen-bond acceptors (Lipinski definition) is 3. The summed E-state index contributed by atoms with van der Waals surface area (Å²) in [4.78, 5) is 29.5. The number of carbonyl (C=O) groups excluding carboxylic acids is 2. The van der Waals surface area contributed by atoms with Crippen LogP contribution >= 0.6 is 0 Å². The Hall–Kier alpha value is -1.91. The quantitative estimate of drug-likeness (QED) is 0.847. The van der Waals surface area contributed by atoms with E-state index in [1.54, 1.807) is 24.4 Å². The molecule has 3 rings (SSSR count). The second-order valence-electron chi connectivity index (χ2n) is 4.87. The minimum atomic E-state index is -0.203. The molecule has 2 fully saturated rings. The standard InChI is InChI=1S/C13H15N3O2/c17-12-7-9(8-16(12)10-4-5-10)15-13(18)11-3-1-2-6-14-11/h1-3,6,9-10H,4-5,7-8H2,(H,15,18). The molecular weight excluding hydrogens is 230 g/mol. The fraction of sp³-hybridized carbons (Fsp3) is 0.462. The largest absolute Gasteiger partial charge is 0.346 e. The Bertz CT molecular complexity index is 470. The normalized spacial score (nSPS) is 23.2. The maximum Gasteiger partial charge on any atom is 0.270 e. The van der Waals surface area contributed by atoms with Crippen LogP contribution in [-0.4, -0.2) is 40.3 Å². The van der Waals surface area contributed by atoms with Gasteiger partial charge in [-0.25, -0.2) is 0 Å². The van der Waals surface area contributed by atoms with E-state index in [-0.39, 0.29) is 17.9 Å². The number of pyridine rings is 1. The topological polar surface area (TPSA) is 62.3 Å². The van der Waals surface area contributed by atoms with Crippen molar-refractivity contribution in [2.24, 2.45) is 0 Å². The molecular formula is C13H15N3O2. The first-order valence-electron chi connectivity index (χ1n) is 6.25. The van der Waals surface area contributed by atoms with Crippen molar-refractivity contribution in [3.63, 3.8) is 0 Å². The number of aromatic nitrogens is 1. The maximum absolute atomic E-state index is 11.9. The summed E-state index contributed by atoms with van der Waals surface area (Å²) in [7, 11) is 0. The molecule has 1 aromatic heterocycles. The lowest BCUT2D eigenvalue weighted by atomic mass is 10.2. The van der Waals surface area contributed by atoms with Gasteiger partial charge in [-0.2, -0.15) is 0 Å². The third-order valence-corrected chi connectivity index (χ3v) is 3.38. The Balaban J connectivity index is 1.61. The average molecular weight is 245 g/mol. The van der Waals surface area contributed by atoms with E-state index in [0.29, 0.717) is 24.7 Å². The maximum atomic E-state index is 11.9. The van der Waals surface area contributed by atoms with E-state index in [2.05, 4.69) is 10.3 Å². The zero-order valence-corrected chi connectivity index (χ0v) is 10.0. The van der Waals surface area contributed by atoms with Gasteiger partial charge in [0.05, 0.1) is 6.04 Å². The van der Waals surface area contributed by atoms with Crippen LogP contribution in [0.25, 0.3) is 0 Å². The van der Waals surface area contributed by atoms with Crippen molar-refractivity contribution in [2.45, 2.75) is 31.3 Å². The Morgan fingerprint density at radius 1 is 1.39 bits per heavy atom. The van der Waals surface area contributed by atoms with Crippen LogP contribution in [0.4, 0.5) is 0 Å². The zero-order chi connectivity index (χ0) is 12.5. The van der Waals surface area contributed by atoms with Gasteiger partial charge in [0.15, 0.2) is 0 Å². The molecule has 1 aliphatic carbocycles. The molecule has 0 spiro atoms. The highest BCUT2D eigenvalue weighted by atomic mass is 16.2. The van der Waals surface area contributed by atoms with Gasteiger partial charge in [-0.15, -0.1) is 0 Å². The van der Waals surface area contributed by atoms with Crippen LogP contribution in [0.2, 0.25) is 0 Å². The van der Waals surface area contributed by atoms with Crippen molar-refractivity contribution in [3.8, 4) is 0 Å². The zero-order valence-electron chi connectivity index (χ0n) is 10.0. The first-order chi connectivity index (χ1) is 8.74. The summed E-state index contributed by atoms with van der Waals surface area (Å²) in [6.45, 7) is 0.641. The highest BCUT2D eigenvalue weighted by Gasteiger charge is 2.39. The van der Waals surface area contributed by atoms with Crippen LogP contribution in [0.5, 0.6) is 0 Å². The van der Waals surface area contributed by atoms with Crippen molar-refractivity contribution in [3.05, 3.63) is 30.1 Å². The summed E-state index contributed by atoms with van der Waals surface area (Å²) in [6, 6.07) is 5.56. The first-order valence-corrected chi connectivity index (χ1v) is 6.25. The van der Waals surface area contributed by atoms with Crippen LogP contribution in [0.15, 0.2) is 24.4 Å². The minimum Gasteiger partial charge on any atom is -0.346 e. The molecule has 1 saturated heterocycles. The smallest absolute Gasteiger partial charge is 0.270 e. The predicted octanol–water partition coefficient (Wildman–Crippen LogP) is 0.575. The SMILES string of the molecule is O=C(NC1CC(=O)N(C2CC2)C1)c1ccccn1. The lowest BCUT2D eigenvalue weighted by Crippen LogP contribution is -2.37. The van der Waals surface area contributed by atoms with E-state index in [1.165, 1.54) is 0 Å². The predicted molar refractivity (Wildman–Crippen MR) is 64.8 cm³/mol. The number of nitrogens with one attached hydrogen (secondary N) is 1. The summed E-state index contributed by atoms with van der Waals surface area (Å²) >= 11 is 0. The van der Waals surface area contributed by atoms with Gasteiger partial charge in [-0.1, -0.05) is 6.07 Å². The lowest BCUT2D eigenvalue weighted by Gasteiger charge is -2.15. The molecule has 2 heterocycles. The molecule has 94 valence electrons. The van der Waals surface area contributed by atoms with Gasteiger partial charge in [-0.05, 0) is 25.0 Å². The molecule has 2 aliphatic rings. The Kier molecular flexibility index (Phi) is 2.74. The van der Waals surface area contributed by atoms with Gasteiger partial charge in [0.2, 0.25) is 5.91 Å². The highest BCUT2D eigenvalue weighted by molar-refractivity contribution is 5.93. The molecule has 18 heavy (non-hydrogen) atoms. The Morgan fingerprint density at radius 3 is 2.89 bits per heavy atom. The second-order valence-corrected chi connectivity index (χ2v) is 4.87. The summed E-state index contributed by atoms with van der Waals surface area (Å²) in [5.41, 5.74) is 0.398. The van der Waals surface area contributed by atoms with Crippen LogP contribution in [-0.2, 0) is 4.79 Å². The van der Waals surface area contributed by atoms with Crippen molar-refractivity contribution in [1.82, 2.24) is 15.2 Å². The fourth-order valence-corrected chi connectivity index (χ4v) is 2.32. The number of nitrogens with zero attached hydrogens (tertiary/aromatic N) is 2. The van der Waals surface area contributed by atoms with Crippen molar-refractivity contribution in [1.29, 1.82) is 0 Å². The van der Waals surface area contributed by atoms with E-state index < -0.39 is 0 Å². The number of likely N-dealkylation sites (tertiary alicyclic amines) is 1. The van der Waals surface area contributed by atoms with Gasteiger partial charge in [0.25, 0.3) is 5.91 Å². The van der Waals surface area contributed by atoms with E-state index in [1.807, 2.05) is 4.90 Å². The molecule has 0 bridgehead atoms. The van der Waals surface area contributed by atoms with Crippen molar-refractivity contribution in [2.75, 3.05) is 6.54 Å². The molecule has 2 amide bonds. The molecule has 1 atom stereocenters. The van der Waals surface area contributed by atoms with Gasteiger partial charge >= 0.3 is 0 Å². The average Bonchev–Trinajstić information content (AvgIpc) is 3.15. The number of amides is 2. The Morgan fingerprint density at radius 2 is 2.22 bits per heavy atom. The molecule has 5 nitrogen and oxygen atoms in total. The van der Waals surface area contributed by atoms with E-state index in [0.717, 1.165) is 12.8 Å². The van der Waals surface area contributed by atoms with Gasteiger partial charge in [-0.3, -0.25) is 14.6 Å². The van der Waals surface area contributed by atoms with E-state index in [4.69, 9.17) is 0 Å². The number of carbonyl (C=O) groups is 2. The molecule has 5 heteroatoms. The molecule has 1 saturated carbocycles. The third-order valence-electron chi connectivity index (χ3n) is 3.38. The molecule has 1 aromatic rings. The summed E-state index contributed by atoms with van der Waals surface area (Å²) in [5, 5.41) is 2.87. The molecule has 0 radical (unpaired) electrons. The third kappa shape index (κ3) is 2.20. The minimum absolute atomic E-state index is 0.0763. The summed E-state index contributed by atoms with van der Waals surface area (Å²) < 4.78 is 0. The van der Waals surface area contributed by atoms with Crippen LogP contribution in [0.1, 0.15) is 29.8 Å². The van der Waals surface area contributed by atoms with Gasteiger partial charge in [0.1, 0.15) is 5.69 Å². The van der Waals surface area contributed by atoms with Crippen molar-refractivity contribution < 1.29 is 9.59 Å². The highest BCUT2D eigenvalue weighted by Crippen LogP contribution is 2.30. The van der Waals surface area contributed by atoms with Crippen LogP contribution in [0.3, 0.4) is 0 Å². The first kappa shape index (κ1) is 11.2. The Labute approximate surface area is 105 Å². The number of rotatable bonds is 3. The fourth-order valence-electron chi connectivity index (χ4n) is 2.32. The second kappa shape index (κ2) is 4.40. The lowest BCUT2D eigenvalue weighted by molar-refractivity contribution is -0.128. The molecule has 1 N–H and O–H groups in total. The number of hydrogen-bond donors (Lipinski definition) is 1. The van der Waals surface area contributed by atoms with E-state index >= 15 is 0 Å². The van der Waals surface area contributed by atoms with Crippen LogP contribution < -0.4 is 5.32 Å². The van der Waals surface area contributed by atoms with Crippen molar-refractivity contribution >= 4 is 11.8 Å². The summed E-state index contributed by atoms with van der Waals surface area (Å²) in [5.74, 6) is -0.0464. The molecule has 1 aliphatic heterocycles. The molecule has 1 unspecified atom stereocenters.